The van der Waals surface area contributed by atoms with E-state index in [-0.39, 0.29) is 23.9 Å². The topological polar surface area (TPSA) is 81.7 Å². The minimum absolute atomic E-state index is 0.0269. The van der Waals surface area contributed by atoms with Crippen LogP contribution in [-0.4, -0.2) is 67.0 Å². The summed E-state index contributed by atoms with van der Waals surface area (Å²) >= 11 is 0. The lowest BCUT2D eigenvalue weighted by molar-refractivity contribution is 0.0709. The SMILES string of the molecule is Cc1ccccc1C(=O)N[C@@H]1CCc2ccc(C(=O)N(C)C3CCN(c4ccnc(N(C)C)n4)CC3)cc21. The van der Waals surface area contributed by atoms with E-state index in [0.29, 0.717) is 17.1 Å². The van der Waals surface area contributed by atoms with Crippen LogP contribution in [0.3, 0.4) is 0 Å². The number of aromatic nitrogens is 2. The fourth-order valence-electron chi connectivity index (χ4n) is 5.53. The van der Waals surface area contributed by atoms with E-state index in [9.17, 15) is 9.59 Å². The molecule has 0 saturated carbocycles. The van der Waals surface area contributed by atoms with Crippen LogP contribution in [0, 0.1) is 6.92 Å². The van der Waals surface area contributed by atoms with Gasteiger partial charge in [-0.3, -0.25) is 9.59 Å². The quantitative estimate of drug-likeness (QED) is 0.538. The second-order valence-electron chi connectivity index (χ2n) is 10.5. The number of hydrogen-bond donors (Lipinski definition) is 1. The lowest BCUT2D eigenvalue weighted by Gasteiger charge is -2.37. The molecule has 1 aromatic heterocycles. The standard InChI is InChI=1S/C30H36N6O2/c1-20-7-5-6-8-24(20)28(37)32-26-12-11-21-9-10-22(19-25(21)26)29(38)35(4)23-14-17-36(18-15-23)27-13-16-31-30(33-27)34(2)3/h5-10,13,16,19,23,26H,11-12,14-15,17-18H2,1-4H3,(H,32,37)/t26-/m1/s1. The van der Waals surface area contributed by atoms with Crippen LogP contribution in [0.25, 0.3) is 0 Å². The highest BCUT2D eigenvalue weighted by Crippen LogP contribution is 2.33. The molecule has 2 heterocycles. The Labute approximate surface area is 224 Å². The number of carbonyl (C=O) groups excluding carboxylic acids is 2. The van der Waals surface area contributed by atoms with Gasteiger partial charge in [0.25, 0.3) is 11.8 Å². The van der Waals surface area contributed by atoms with Gasteiger partial charge in [0.05, 0.1) is 6.04 Å². The average molecular weight is 513 g/mol. The molecule has 1 atom stereocenters. The van der Waals surface area contributed by atoms with Crippen LogP contribution in [-0.2, 0) is 6.42 Å². The lowest BCUT2D eigenvalue weighted by Crippen LogP contribution is -2.46. The van der Waals surface area contributed by atoms with E-state index in [0.717, 1.165) is 55.7 Å². The van der Waals surface area contributed by atoms with Crippen molar-refractivity contribution in [2.45, 2.75) is 44.7 Å². The monoisotopic (exact) mass is 512 g/mol. The number of nitrogens with one attached hydrogen (secondary N) is 1. The largest absolute Gasteiger partial charge is 0.356 e. The first kappa shape index (κ1) is 25.7. The van der Waals surface area contributed by atoms with Crippen molar-refractivity contribution in [3.63, 3.8) is 0 Å². The number of piperidine rings is 1. The van der Waals surface area contributed by atoms with Crippen molar-refractivity contribution in [1.82, 2.24) is 20.2 Å². The van der Waals surface area contributed by atoms with E-state index in [4.69, 9.17) is 0 Å². The molecule has 5 rings (SSSR count). The van der Waals surface area contributed by atoms with Crippen LogP contribution in [0.4, 0.5) is 11.8 Å². The molecule has 0 unspecified atom stereocenters. The Hall–Kier alpha value is -3.94. The van der Waals surface area contributed by atoms with Crippen molar-refractivity contribution in [1.29, 1.82) is 0 Å². The van der Waals surface area contributed by atoms with Gasteiger partial charge in [0, 0.05) is 57.6 Å². The predicted octanol–water partition coefficient (Wildman–Crippen LogP) is 4.01. The molecule has 3 aromatic rings. The van der Waals surface area contributed by atoms with Gasteiger partial charge in [-0.05, 0) is 73.6 Å². The Morgan fingerprint density at radius 2 is 1.76 bits per heavy atom. The summed E-state index contributed by atoms with van der Waals surface area (Å²) in [5.74, 6) is 1.58. The minimum atomic E-state index is -0.0849. The zero-order chi connectivity index (χ0) is 26.8. The lowest BCUT2D eigenvalue weighted by atomic mass is 10.00. The first-order valence-corrected chi connectivity index (χ1v) is 13.3. The van der Waals surface area contributed by atoms with Gasteiger partial charge in [0.1, 0.15) is 5.82 Å². The number of benzene rings is 2. The Kier molecular flexibility index (Phi) is 7.31. The van der Waals surface area contributed by atoms with E-state index >= 15 is 0 Å². The number of nitrogens with zero attached hydrogens (tertiary/aromatic N) is 5. The fraction of sp³-hybridized carbons (Fsp3) is 0.400. The summed E-state index contributed by atoms with van der Waals surface area (Å²) in [6, 6.07) is 15.6. The fourth-order valence-corrected chi connectivity index (χ4v) is 5.53. The highest BCUT2D eigenvalue weighted by Gasteiger charge is 2.29. The Morgan fingerprint density at radius 3 is 2.50 bits per heavy atom. The van der Waals surface area contributed by atoms with Crippen LogP contribution >= 0.6 is 0 Å². The smallest absolute Gasteiger partial charge is 0.253 e. The van der Waals surface area contributed by atoms with E-state index in [1.54, 1.807) is 6.20 Å². The minimum Gasteiger partial charge on any atom is -0.356 e. The maximum atomic E-state index is 13.5. The molecular weight excluding hydrogens is 476 g/mol. The summed E-state index contributed by atoms with van der Waals surface area (Å²) in [6.45, 7) is 3.62. The van der Waals surface area contributed by atoms with E-state index in [1.807, 2.05) is 80.3 Å². The maximum absolute atomic E-state index is 13.5. The van der Waals surface area contributed by atoms with Crippen LogP contribution in [0.5, 0.6) is 0 Å². The van der Waals surface area contributed by atoms with Gasteiger partial charge in [-0.2, -0.15) is 4.98 Å². The third-order valence-electron chi connectivity index (χ3n) is 7.85. The first-order valence-electron chi connectivity index (χ1n) is 13.3. The molecule has 1 aliphatic heterocycles. The molecule has 1 fully saturated rings. The summed E-state index contributed by atoms with van der Waals surface area (Å²) in [5, 5.41) is 3.20. The van der Waals surface area contributed by atoms with E-state index < -0.39 is 0 Å². The number of aryl methyl sites for hydroxylation is 2. The molecule has 1 N–H and O–H groups in total. The summed E-state index contributed by atoms with van der Waals surface area (Å²) in [5.41, 5.74) is 4.59. The molecule has 8 heteroatoms. The maximum Gasteiger partial charge on any atom is 0.253 e. The van der Waals surface area contributed by atoms with Gasteiger partial charge in [0.2, 0.25) is 5.95 Å². The van der Waals surface area contributed by atoms with Crippen molar-refractivity contribution in [2.24, 2.45) is 0 Å². The Bertz CT molecular complexity index is 1330. The van der Waals surface area contributed by atoms with Crippen LogP contribution < -0.4 is 15.1 Å². The highest BCUT2D eigenvalue weighted by molar-refractivity contribution is 5.96. The van der Waals surface area contributed by atoms with Gasteiger partial charge in [-0.15, -0.1) is 0 Å². The zero-order valence-corrected chi connectivity index (χ0v) is 22.6. The van der Waals surface area contributed by atoms with Gasteiger partial charge in [-0.25, -0.2) is 4.98 Å². The van der Waals surface area contributed by atoms with Crippen LogP contribution in [0.1, 0.15) is 62.7 Å². The summed E-state index contributed by atoms with van der Waals surface area (Å²) in [4.78, 5) is 41.5. The highest BCUT2D eigenvalue weighted by atomic mass is 16.2. The molecule has 1 saturated heterocycles. The molecular formula is C30H36N6O2. The molecule has 0 bridgehead atoms. The van der Waals surface area contributed by atoms with E-state index in [2.05, 4.69) is 26.3 Å². The normalized spacial score (nSPS) is 17.2. The van der Waals surface area contributed by atoms with Crippen molar-refractivity contribution in [2.75, 3.05) is 44.0 Å². The molecule has 2 aliphatic rings. The molecule has 2 aromatic carbocycles. The molecule has 2 amide bonds. The second kappa shape index (κ2) is 10.8. The van der Waals surface area contributed by atoms with Crippen LogP contribution in [0.2, 0.25) is 0 Å². The summed E-state index contributed by atoms with van der Waals surface area (Å²) in [7, 11) is 5.78. The first-order chi connectivity index (χ1) is 18.3. The number of rotatable bonds is 6. The molecule has 0 spiro atoms. The second-order valence-corrected chi connectivity index (χ2v) is 10.5. The number of carbonyl (C=O) groups is 2. The molecule has 198 valence electrons. The number of amides is 2. The van der Waals surface area contributed by atoms with Crippen molar-refractivity contribution < 1.29 is 9.59 Å². The molecule has 38 heavy (non-hydrogen) atoms. The zero-order valence-electron chi connectivity index (χ0n) is 22.6. The van der Waals surface area contributed by atoms with Gasteiger partial charge in [0.15, 0.2) is 0 Å². The number of hydrogen-bond acceptors (Lipinski definition) is 6. The van der Waals surface area contributed by atoms with Gasteiger partial charge < -0.3 is 20.0 Å². The average Bonchev–Trinajstić information content (AvgIpc) is 3.34. The van der Waals surface area contributed by atoms with Crippen molar-refractivity contribution >= 4 is 23.6 Å². The third kappa shape index (κ3) is 5.21. The Balaban J connectivity index is 1.24. The van der Waals surface area contributed by atoms with E-state index in [1.165, 1.54) is 5.56 Å². The van der Waals surface area contributed by atoms with Crippen LogP contribution in [0.15, 0.2) is 54.7 Å². The Morgan fingerprint density at radius 1 is 1.00 bits per heavy atom. The summed E-state index contributed by atoms with van der Waals surface area (Å²) < 4.78 is 0. The number of fused-ring (bicyclic) bond motifs is 1. The summed E-state index contributed by atoms with van der Waals surface area (Å²) in [6.07, 6.45) is 5.30. The predicted molar refractivity (Wildman–Crippen MR) is 150 cm³/mol. The molecule has 8 nitrogen and oxygen atoms in total. The molecule has 0 radical (unpaired) electrons. The number of anilines is 2. The van der Waals surface area contributed by atoms with Gasteiger partial charge >= 0.3 is 0 Å². The molecule has 1 aliphatic carbocycles. The third-order valence-corrected chi connectivity index (χ3v) is 7.85. The van der Waals surface area contributed by atoms with Gasteiger partial charge in [-0.1, -0.05) is 24.3 Å². The van der Waals surface area contributed by atoms with Crippen molar-refractivity contribution in [3.8, 4) is 0 Å². The van der Waals surface area contributed by atoms with Crippen molar-refractivity contribution in [3.05, 3.63) is 82.5 Å².